The van der Waals surface area contributed by atoms with E-state index < -0.39 is 27.4 Å². The zero-order chi connectivity index (χ0) is 26.7. The van der Waals surface area contributed by atoms with Gasteiger partial charge >= 0.3 is 0 Å². The molecule has 0 fully saturated rings. The number of hydrogen-bond acceptors (Lipinski definition) is 10. The zero-order valence-electron chi connectivity index (χ0n) is 20.8. The lowest BCUT2D eigenvalue weighted by molar-refractivity contribution is 0.0950. The Morgan fingerprint density at radius 2 is 1.81 bits per heavy atom. The third-order valence-corrected chi connectivity index (χ3v) is 7.64. The number of aromatic nitrogens is 8. The lowest BCUT2D eigenvalue weighted by Gasteiger charge is -2.23. The van der Waals surface area contributed by atoms with Crippen molar-refractivity contribution in [2.45, 2.75) is 31.2 Å². The Bertz CT molecular complexity index is 1470. The molecule has 1 N–H and O–H groups in total. The Balaban J connectivity index is 1.74. The number of methoxy groups -OCH3 is 2. The molecule has 0 aliphatic carbocycles. The number of halogens is 1. The number of hydrogen-bond donors (Lipinski definition) is 1. The van der Waals surface area contributed by atoms with E-state index in [0.717, 1.165) is 5.56 Å². The summed E-state index contributed by atoms with van der Waals surface area (Å²) in [6, 6.07) is 4.79. The summed E-state index contributed by atoms with van der Waals surface area (Å²) in [5.74, 6) is 0.888. The lowest BCUT2D eigenvalue weighted by Crippen LogP contribution is -2.33. The van der Waals surface area contributed by atoms with Gasteiger partial charge in [-0.2, -0.15) is 5.10 Å². The molecule has 15 heteroatoms. The third-order valence-electron chi connectivity index (χ3n) is 5.75. The summed E-state index contributed by atoms with van der Waals surface area (Å²) in [5, 5.41) is 11.9. The fourth-order valence-corrected chi connectivity index (χ4v) is 4.95. The van der Waals surface area contributed by atoms with Crippen molar-refractivity contribution < 1.29 is 17.9 Å². The second-order valence-corrected chi connectivity index (χ2v) is 10.6. The number of anilines is 1. The summed E-state index contributed by atoms with van der Waals surface area (Å²) < 4.78 is 43.6. The quantitative estimate of drug-likeness (QED) is 0.313. The molecule has 0 bridgehead atoms. The number of ether oxygens (including phenoxy) is 2. The highest BCUT2D eigenvalue weighted by molar-refractivity contribution is 7.93. The van der Waals surface area contributed by atoms with E-state index in [1.165, 1.54) is 33.5 Å². The third kappa shape index (κ3) is 5.55. The van der Waals surface area contributed by atoms with Crippen molar-refractivity contribution in [3.8, 4) is 17.4 Å². The molecule has 4 rings (SSSR count). The monoisotopic (exact) mass is 547 g/mol. The lowest BCUT2D eigenvalue weighted by atomic mass is 10.2. The maximum atomic E-state index is 13.5. The minimum absolute atomic E-state index is 0.00491. The molecule has 0 saturated carbocycles. The Morgan fingerprint density at radius 1 is 1.08 bits per heavy atom. The fraction of sp³-hybridized carbons (Fsp3) is 0.364. The van der Waals surface area contributed by atoms with Crippen molar-refractivity contribution in [2.24, 2.45) is 7.05 Å². The van der Waals surface area contributed by atoms with E-state index in [2.05, 4.69) is 35.0 Å². The highest BCUT2D eigenvalue weighted by Crippen LogP contribution is 2.31. The van der Waals surface area contributed by atoms with Gasteiger partial charge in [-0.3, -0.25) is 14.0 Å². The summed E-state index contributed by atoms with van der Waals surface area (Å²) in [5.41, 5.74) is 1.26. The largest absolute Gasteiger partial charge is 0.481 e. The number of aryl methyl sites for hydroxylation is 1. The molecular formula is C22H26ClN9O4S. The topological polar surface area (TPSA) is 152 Å². The maximum absolute atomic E-state index is 13.5. The second-order valence-electron chi connectivity index (χ2n) is 8.17. The minimum atomic E-state index is -4.07. The van der Waals surface area contributed by atoms with Crippen LogP contribution in [-0.2, 0) is 21.8 Å². The van der Waals surface area contributed by atoms with Crippen LogP contribution in [-0.4, -0.2) is 67.4 Å². The summed E-state index contributed by atoms with van der Waals surface area (Å²) in [4.78, 5) is 12.7. The van der Waals surface area contributed by atoms with E-state index in [-0.39, 0.29) is 11.8 Å². The normalized spacial score (nSPS) is 14.2. The summed E-state index contributed by atoms with van der Waals surface area (Å²) in [6.07, 6.45) is 5.30. The predicted octanol–water partition coefficient (Wildman–Crippen LogP) is 2.65. The molecule has 4 aromatic rings. The smallest absolute Gasteiger partial charge is 0.240 e. The molecule has 4 aromatic heterocycles. The van der Waals surface area contributed by atoms with Crippen LogP contribution in [0.4, 0.5) is 5.95 Å². The Labute approximate surface area is 218 Å². The number of nitrogens with zero attached hydrogens (tertiary/aromatic N) is 8. The number of rotatable bonds is 10. The van der Waals surface area contributed by atoms with Crippen LogP contribution in [0, 0.1) is 0 Å². The van der Waals surface area contributed by atoms with Crippen molar-refractivity contribution in [1.29, 1.82) is 0 Å². The van der Waals surface area contributed by atoms with Gasteiger partial charge in [-0.15, -0.1) is 10.2 Å². The highest BCUT2D eigenvalue weighted by atomic mass is 35.5. The first kappa shape index (κ1) is 26.4. The van der Waals surface area contributed by atoms with Gasteiger partial charge in [0, 0.05) is 44.4 Å². The van der Waals surface area contributed by atoms with Crippen LogP contribution in [0.5, 0.6) is 5.88 Å². The minimum Gasteiger partial charge on any atom is -0.481 e. The fourth-order valence-electron chi connectivity index (χ4n) is 3.72. The van der Waals surface area contributed by atoms with Gasteiger partial charge in [0.15, 0.2) is 11.6 Å². The van der Waals surface area contributed by atoms with Gasteiger partial charge in [0.25, 0.3) is 0 Å². The standard InChI is InChI=1S/C22H26ClN9O4S/c1-13(15-9-26-31(3)12-15)32-21(17-7-6-8-18(27-17)35-4)28-29-22(32)30-37(33,34)14(2)19(36-5)20-24-10-16(23)11-25-20/h6-14,19H,1-5H3,(H,29,30)/t13-,14+,19+/m1/s1. The van der Waals surface area contributed by atoms with Gasteiger partial charge < -0.3 is 9.47 Å². The van der Waals surface area contributed by atoms with Gasteiger partial charge in [-0.05, 0) is 19.9 Å². The second kappa shape index (κ2) is 10.8. The molecule has 196 valence electrons. The van der Waals surface area contributed by atoms with Gasteiger partial charge in [-0.25, -0.2) is 23.4 Å². The number of nitrogens with one attached hydrogen (secondary N) is 1. The predicted molar refractivity (Wildman–Crippen MR) is 136 cm³/mol. The van der Waals surface area contributed by atoms with Crippen molar-refractivity contribution in [3.63, 3.8) is 0 Å². The summed E-state index contributed by atoms with van der Waals surface area (Å²) in [6.45, 7) is 3.37. The molecule has 0 spiro atoms. The zero-order valence-corrected chi connectivity index (χ0v) is 22.3. The molecule has 0 saturated heterocycles. The SMILES string of the molecule is COc1cccc(-c2nnc(NS(=O)(=O)[C@@H](C)[C@H](OC)c3ncc(Cl)cn3)n2[C@H](C)c2cnn(C)c2)n1. The summed E-state index contributed by atoms with van der Waals surface area (Å²) >= 11 is 5.87. The van der Waals surface area contributed by atoms with Gasteiger partial charge in [0.1, 0.15) is 17.0 Å². The van der Waals surface area contributed by atoms with Crippen LogP contribution in [0.15, 0.2) is 43.0 Å². The van der Waals surface area contributed by atoms with Crippen LogP contribution in [0.1, 0.15) is 37.4 Å². The van der Waals surface area contributed by atoms with Crippen molar-refractivity contribution in [3.05, 3.63) is 59.4 Å². The molecule has 0 radical (unpaired) electrons. The Morgan fingerprint density at radius 3 is 2.43 bits per heavy atom. The van der Waals surface area contributed by atoms with Gasteiger partial charge in [-0.1, -0.05) is 17.7 Å². The number of sulfonamides is 1. The van der Waals surface area contributed by atoms with Crippen molar-refractivity contribution >= 4 is 27.6 Å². The molecule has 13 nitrogen and oxygen atoms in total. The van der Waals surface area contributed by atoms with Crippen LogP contribution in [0.25, 0.3) is 11.5 Å². The van der Waals surface area contributed by atoms with E-state index in [1.807, 2.05) is 13.1 Å². The molecule has 0 aromatic carbocycles. The first-order chi connectivity index (χ1) is 17.6. The Kier molecular flexibility index (Phi) is 7.71. The first-order valence-corrected chi connectivity index (χ1v) is 13.0. The van der Waals surface area contributed by atoms with E-state index in [4.69, 9.17) is 21.1 Å². The van der Waals surface area contributed by atoms with Crippen LogP contribution in [0.2, 0.25) is 5.02 Å². The molecule has 0 unspecified atom stereocenters. The Hall–Kier alpha value is -3.62. The molecule has 4 heterocycles. The van der Waals surface area contributed by atoms with Crippen LogP contribution < -0.4 is 9.46 Å². The van der Waals surface area contributed by atoms with Gasteiger partial charge in [0.2, 0.25) is 21.9 Å². The van der Waals surface area contributed by atoms with E-state index in [9.17, 15) is 8.42 Å². The molecule has 37 heavy (non-hydrogen) atoms. The highest BCUT2D eigenvalue weighted by Gasteiger charge is 2.35. The molecule has 0 amide bonds. The summed E-state index contributed by atoms with van der Waals surface area (Å²) in [7, 11) is 0.608. The average molecular weight is 548 g/mol. The van der Waals surface area contributed by atoms with E-state index in [1.54, 1.807) is 40.7 Å². The van der Waals surface area contributed by atoms with E-state index in [0.29, 0.717) is 22.4 Å². The van der Waals surface area contributed by atoms with E-state index >= 15 is 0 Å². The first-order valence-electron chi connectivity index (χ1n) is 11.1. The van der Waals surface area contributed by atoms with Crippen molar-refractivity contribution in [1.82, 2.24) is 39.5 Å². The average Bonchev–Trinajstić information content (AvgIpc) is 3.51. The molecule has 0 aliphatic heterocycles. The maximum Gasteiger partial charge on any atom is 0.240 e. The van der Waals surface area contributed by atoms with Gasteiger partial charge in [0.05, 0.1) is 24.4 Å². The number of pyridine rings is 1. The van der Waals surface area contributed by atoms with Crippen LogP contribution >= 0.6 is 11.6 Å². The van der Waals surface area contributed by atoms with Crippen LogP contribution in [0.3, 0.4) is 0 Å². The van der Waals surface area contributed by atoms with Crippen molar-refractivity contribution in [2.75, 3.05) is 18.9 Å². The molecular weight excluding hydrogens is 522 g/mol. The molecule has 0 aliphatic rings. The molecule has 3 atom stereocenters.